The third-order valence-corrected chi connectivity index (χ3v) is 1.90. The van der Waals surface area contributed by atoms with Crippen LogP contribution in [0.2, 0.25) is 0 Å². The second-order valence-electron chi connectivity index (χ2n) is 3.56. The summed E-state index contributed by atoms with van der Waals surface area (Å²) in [6, 6.07) is 3.79. The van der Waals surface area contributed by atoms with Crippen molar-refractivity contribution >= 4 is 5.82 Å². The van der Waals surface area contributed by atoms with E-state index in [9.17, 15) is 0 Å². The maximum absolute atomic E-state index is 5.58. The van der Waals surface area contributed by atoms with Crippen molar-refractivity contribution in [1.82, 2.24) is 9.88 Å². The van der Waals surface area contributed by atoms with E-state index in [0.717, 1.165) is 24.7 Å². The Balaban J connectivity index is 2.43. The van der Waals surface area contributed by atoms with E-state index in [0.29, 0.717) is 6.61 Å². The van der Waals surface area contributed by atoms with Gasteiger partial charge in [0, 0.05) is 25.4 Å². The highest BCUT2D eigenvalue weighted by molar-refractivity contribution is 5.40. The lowest BCUT2D eigenvalue weighted by Gasteiger charge is -2.11. The lowest BCUT2D eigenvalue weighted by Crippen LogP contribution is -2.19. The lowest BCUT2D eigenvalue weighted by molar-refractivity contribution is 0.261. The molecule has 0 aliphatic heterocycles. The van der Waals surface area contributed by atoms with Gasteiger partial charge >= 0.3 is 0 Å². The first kappa shape index (κ1) is 11.8. The van der Waals surface area contributed by atoms with Crippen LogP contribution in [0.5, 0.6) is 5.75 Å². The molecule has 0 fully saturated rings. The van der Waals surface area contributed by atoms with Crippen LogP contribution in [0, 0.1) is 0 Å². The van der Waals surface area contributed by atoms with Crippen LogP contribution < -0.4 is 10.1 Å². The van der Waals surface area contributed by atoms with Gasteiger partial charge < -0.3 is 15.0 Å². The molecule has 0 amide bonds. The normalized spacial score (nSPS) is 10.4. The van der Waals surface area contributed by atoms with Crippen LogP contribution >= 0.6 is 0 Å². The van der Waals surface area contributed by atoms with Crippen LogP contribution in [0.25, 0.3) is 0 Å². The number of anilines is 1. The third kappa shape index (κ3) is 4.65. The molecule has 15 heavy (non-hydrogen) atoms. The Morgan fingerprint density at radius 1 is 1.47 bits per heavy atom. The predicted molar refractivity (Wildman–Crippen MR) is 62.4 cm³/mol. The first-order chi connectivity index (χ1) is 7.22. The highest BCUT2D eigenvalue weighted by Gasteiger charge is 1.97. The molecule has 0 saturated carbocycles. The van der Waals surface area contributed by atoms with Gasteiger partial charge in [0.05, 0.1) is 0 Å². The molecule has 0 radical (unpaired) electrons. The molecular formula is C11H19N3O. The Bertz CT molecular complexity index is 289. The number of hydrogen-bond donors (Lipinski definition) is 1. The molecule has 0 atom stereocenters. The van der Waals surface area contributed by atoms with Crippen molar-refractivity contribution in [3.05, 3.63) is 18.3 Å². The molecular weight excluding hydrogens is 190 g/mol. The zero-order valence-corrected chi connectivity index (χ0v) is 9.66. The summed E-state index contributed by atoms with van der Waals surface area (Å²) in [6.45, 7) is 4.52. The molecule has 84 valence electrons. The van der Waals surface area contributed by atoms with Crippen LogP contribution in [0.1, 0.15) is 6.92 Å². The standard InChI is InChI=1S/C11H19N3O/c1-4-12-11-9-10(5-6-13-11)15-8-7-14(2)3/h5-6,9H,4,7-8H2,1-3H3,(H,12,13). The molecule has 1 heterocycles. The largest absolute Gasteiger partial charge is 0.492 e. The summed E-state index contributed by atoms with van der Waals surface area (Å²) in [5.41, 5.74) is 0. The molecule has 1 N–H and O–H groups in total. The minimum absolute atomic E-state index is 0.697. The van der Waals surface area contributed by atoms with Crippen LogP contribution in [-0.4, -0.2) is 43.7 Å². The van der Waals surface area contributed by atoms with E-state index in [1.54, 1.807) is 6.20 Å². The molecule has 0 saturated heterocycles. The summed E-state index contributed by atoms with van der Waals surface area (Å²) < 4.78 is 5.58. The number of rotatable bonds is 6. The van der Waals surface area contributed by atoms with Crippen molar-refractivity contribution in [2.45, 2.75) is 6.92 Å². The van der Waals surface area contributed by atoms with Gasteiger partial charge in [0.25, 0.3) is 0 Å². The first-order valence-electron chi connectivity index (χ1n) is 5.20. The van der Waals surface area contributed by atoms with E-state index >= 15 is 0 Å². The summed E-state index contributed by atoms with van der Waals surface area (Å²) in [6.07, 6.45) is 1.75. The number of likely N-dealkylation sites (N-methyl/N-ethyl adjacent to an activating group) is 1. The smallest absolute Gasteiger partial charge is 0.129 e. The topological polar surface area (TPSA) is 37.4 Å². The highest BCUT2D eigenvalue weighted by Crippen LogP contribution is 2.13. The quantitative estimate of drug-likeness (QED) is 0.769. The number of nitrogens with zero attached hydrogens (tertiary/aromatic N) is 2. The van der Waals surface area contributed by atoms with Gasteiger partial charge in [0.2, 0.25) is 0 Å². The molecule has 1 aromatic rings. The third-order valence-electron chi connectivity index (χ3n) is 1.90. The average Bonchev–Trinajstić information content (AvgIpc) is 2.18. The van der Waals surface area contributed by atoms with E-state index in [2.05, 4.69) is 15.2 Å². The van der Waals surface area contributed by atoms with E-state index in [1.165, 1.54) is 0 Å². The molecule has 1 rings (SSSR count). The number of nitrogens with one attached hydrogen (secondary N) is 1. The van der Waals surface area contributed by atoms with Crippen LogP contribution in [0.15, 0.2) is 18.3 Å². The summed E-state index contributed by atoms with van der Waals surface area (Å²) in [7, 11) is 4.06. The SMILES string of the molecule is CCNc1cc(OCCN(C)C)ccn1. The zero-order chi connectivity index (χ0) is 11.1. The van der Waals surface area contributed by atoms with Gasteiger partial charge in [-0.1, -0.05) is 0 Å². The predicted octanol–water partition coefficient (Wildman–Crippen LogP) is 1.45. The Hall–Kier alpha value is -1.29. The van der Waals surface area contributed by atoms with E-state index in [4.69, 9.17) is 4.74 Å². The maximum Gasteiger partial charge on any atom is 0.129 e. The molecule has 4 heteroatoms. The van der Waals surface area contributed by atoms with Gasteiger partial charge in [-0.15, -0.1) is 0 Å². The number of aromatic nitrogens is 1. The van der Waals surface area contributed by atoms with Crippen LogP contribution in [0.4, 0.5) is 5.82 Å². The minimum Gasteiger partial charge on any atom is -0.492 e. The van der Waals surface area contributed by atoms with Crippen molar-refractivity contribution in [2.75, 3.05) is 39.1 Å². The number of ether oxygens (including phenoxy) is 1. The number of hydrogen-bond acceptors (Lipinski definition) is 4. The van der Waals surface area contributed by atoms with E-state index in [-0.39, 0.29) is 0 Å². The minimum atomic E-state index is 0.697. The average molecular weight is 209 g/mol. The molecule has 0 aromatic carbocycles. The second kappa shape index (κ2) is 6.24. The fraction of sp³-hybridized carbons (Fsp3) is 0.545. The Morgan fingerprint density at radius 2 is 2.27 bits per heavy atom. The Kier molecular flexibility index (Phi) is 4.90. The highest BCUT2D eigenvalue weighted by atomic mass is 16.5. The van der Waals surface area contributed by atoms with Gasteiger partial charge in [-0.2, -0.15) is 0 Å². The van der Waals surface area contributed by atoms with Crippen molar-refractivity contribution < 1.29 is 4.74 Å². The van der Waals surface area contributed by atoms with Crippen molar-refractivity contribution in [3.8, 4) is 5.75 Å². The van der Waals surface area contributed by atoms with Gasteiger partial charge in [-0.3, -0.25) is 0 Å². The monoisotopic (exact) mass is 209 g/mol. The van der Waals surface area contributed by atoms with E-state index in [1.807, 2.05) is 33.2 Å². The summed E-state index contributed by atoms with van der Waals surface area (Å²) in [4.78, 5) is 6.26. The fourth-order valence-electron chi connectivity index (χ4n) is 1.12. The van der Waals surface area contributed by atoms with Gasteiger partial charge in [-0.05, 0) is 27.1 Å². The molecule has 1 aromatic heterocycles. The molecule has 0 unspecified atom stereocenters. The number of pyridine rings is 1. The Labute approximate surface area is 91.3 Å². The fourth-order valence-corrected chi connectivity index (χ4v) is 1.12. The van der Waals surface area contributed by atoms with Gasteiger partial charge in [0.1, 0.15) is 18.2 Å². The van der Waals surface area contributed by atoms with Crippen molar-refractivity contribution in [2.24, 2.45) is 0 Å². The van der Waals surface area contributed by atoms with Gasteiger partial charge in [0.15, 0.2) is 0 Å². The van der Waals surface area contributed by atoms with E-state index < -0.39 is 0 Å². The van der Waals surface area contributed by atoms with Crippen molar-refractivity contribution in [1.29, 1.82) is 0 Å². The van der Waals surface area contributed by atoms with Gasteiger partial charge in [-0.25, -0.2) is 4.98 Å². The first-order valence-corrected chi connectivity index (χ1v) is 5.20. The molecule has 4 nitrogen and oxygen atoms in total. The zero-order valence-electron chi connectivity index (χ0n) is 9.66. The molecule has 0 spiro atoms. The molecule has 0 bridgehead atoms. The van der Waals surface area contributed by atoms with Crippen LogP contribution in [-0.2, 0) is 0 Å². The molecule has 0 aliphatic rings. The summed E-state index contributed by atoms with van der Waals surface area (Å²) >= 11 is 0. The molecule has 0 aliphatic carbocycles. The Morgan fingerprint density at radius 3 is 2.93 bits per heavy atom. The lowest BCUT2D eigenvalue weighted by atomic mass is 10.4. The second-order valence-corrected chi connectivity index (χ2v) is 3.56. The van der Waals surface area contributed by atoms with Crippen molar-refractivity contribution in [3.63, 3.8) is 0 Å². The van der Waals surface area contributed by atoms with Crippen LogP contribution in [0.3, 0.4) is 0 Å². The summed E-state index contributed by atoms with van der Waals surface area (Å²) in [5.74, 6) is 1.72. The summed E-state index contributed by atoms with van der Waals surface area (Å²) in [5, 5.41) is 3.15. The maximum atomic E-state index is 5.58.